The summed E-state index contributed by atoms with van der Waals surface area (Å²) in [6.07, 6.45) is 4.99. The molecule has 0 amide bonds. The number of methoxy groups -OCH3 is 1. The van der Waals surface area contributed by atoms with Crippen molar-refractivity contribution < 1.29 is 4.74 Å². The molecule has 2 aliphatic carbocycles. The highest BCUT2D eigenvalue weighted by molar-refractivity contribution is 5.74. The van der Waals surface area contributed by atoms with E-state index >= 15 is 0 Å². The van der Waals surface area contributed by atoms with Gasteiger partial charge in [-0.25, -0.2) is 4.79 Å². The Balaban J connectivity index is 1.62. The van der Waals surface area contributed by atoms with Crippen LogP contribution in [0.15, 0.2) is 33.9 Å². The largest absolute Gasteiger partial charge is 0.497 e. The molecule has 3 aromatic rings. The van der Waals surface area contributed by atoms with Crippen LogP contribution in [-0.4, -0.2) is 31.8 Å². The molecule has 2 saturated carbocycles. The number of hydrogen-bond acceptors (Lipinski definition) is 5. The Morgan fingerprint density at radius 1 is 1.10 bits per heavy atom. The zero-order valence-electron chi connectivity index (χ0n) is 17.6. The van der Waals surface area contributed by atoms with Crippen LogP contribution in [0.5, 0.6) is 5.75 Å². The summed E-state index contributed by atoms with van der Waals surface area (Å²) < 4.78 is 9.78. The molecule has 0 radical (unpaired) electrons. The molecule has 2 fully saturated rings. The summed E-state index contributed by atoms with van der Waals surface area (Å²) in [5, 5.41) is 3.63. The van der Waals surface area contributed by atoms with E-state index < -0.39 is 0 Å². The van der Waals surface area contributed by atoms with E-state index in [1.807, 2.05) is 28.8 Å². The molecule has 1 aromatic carbocycles. The number of nitrogens with zero attached hydrogens (tertiary/aromatic N) is 4. The molecule has 5 rings (SSSR count). The number of imidazole rings is 1. The van der Waals surface area contributed by atoms with Crippen molar-refractivity contribution >= 4 is 17.1 Å². The van der Waals surface area contributed by atoms with Crippen LogP contribution in [0.2, 0.25) is 0 Å². The Bertz CT molecular complexity index is 1220. The molecule has 3 unspecified atom stereocenters. The highest BCUT2D eigenvalue weighted by atomic mass is 16.5. The van der Waals surface area contributed by atoms with Crippen molar-refractivity contribution in [3.05, 3.63) is 50.7 Å². The smallest absolute Gasteiger partial charge is 0.332 e. The summed E-state index contributed by atoms with van der Waals surface area (Å²) in [5.74, 6) is 2.91. The first kappa shape index (κ1) is 19.0. The second-order valence-corrected chi connectivity index (χ2v) is 8.67. The van der Waals surface area contributed by atoms with Crippen LogP contribution in [0.4, 0.5) is 5.95 Å². The summed E-state index contributed by atoms with van der Waals surface area (Å²) >= 11 is 0. The highest BCUT2D eigenvalue weighted by Crippen LogP contribution is 2.45. The molecule has 0 saturated heterocycles. The van der Waals surface area contributed by atoms with E-state index in [2.05, 4.69) is 5.32 Å². The van der Waals surface area contributed by atoms with Crippen LogP contribution in [-0.2, 0) is 20.6 Å². The zero-order chi connectivity index (χ0) is 21.0. The van der Waals surface area contributed by atoms with E-state index in [0.29, 0.717) is 35.6 Å². The number of anilines is 1. The van der Waals surface area contributed by atoms with Gasteiger partial charge in [0.1, 0.15) is 5.75 Å². The molecule has 3 atom stereocenters. The van der Waals surface area contributed by atoms with Gasteiger partial charge >= 0.3 is 5.69 Å². The van der Waals surface area contributed by atoms with Gasteiger partial charge < -0.3 is 10.1 Å². The number of fused-ring (bicyclic) bond motifs is 3. The minimum absolute atomic E-state index is 0.324. The number of aromatic nitrogens is 4. The van der Waals surface area contributed by atoms with Crippen LogP contribution in [0.1, 0.15) is 31.2 Å². The number of rotatable bonds is 5. The summed E-state index contributed by atoms with van der Waals surface area (Å²) in [6.45, 7) is 0.483. The second-order valence-electron chi connectivity index (χ2n) is 8.67. The van der Waals surface area contributed by atoms with E-state index in [-0.39, 0.29) is 11.2 Å². The van der Waals surface area contributed by atoms with Crippen molar-refractivity contribution in [1.82, 2.24) is 18.7 Å². The lowest BCUT2D eigenvalue weighted by Gasteiger charge is -2.24. The van der Waals surface area contributed by atoms with Crippen molar-refractivity contribution in [2.45, 2.75) is 38.3 Å². The van der Waals surface area contributed by atoms with Gasteiger partial charge in [-0.1, -0.05) is 18.6 Å². The maximum Gasteiger partial charge on any atom is 0.332 e. The third kappa shape index (κ3) is 2.93. The average molecular weight is 409 g/mol. The highest BCUT2D eigenvalue weighted by Gasteiger charge is 2.40. The normalized spacial score (nSPS) is 22.7. The molecule has 8 heteroatoms. The van der Waals surface area contributed by atoms with Crippen LogP contribution >= 0.6 is 0 Å². The van der Waals surface area contributed by atoms with E-state index in [1.54, 1.807) is 14.2 Å². The van der Waals surface area contributed by atoms with Gasteiger partial charge in [0, 0.05) is 20.1 Å². The first-order valence-corrected chi connectivity index (χ1v) is 10.5. The van der Waals surface area contributed by atoms with Crippen LogP contribution in [0, 0.1) is 11.8 Å². The number of ether oxygens (including phenoxy) is 1. The van der Waals surface area contributed by atoms with Gasteiger partial charge in [-0.3, -0.25) is 18.5 Å². The summed E-state index contributed by atoms with van der Waals surface area (Å²) in [5.41, 5.74) is 1.20. The lowest BCUT2D eigenvalue weighted by molar-refractivity contribution is 0.414. The van der Waals surface area contributed by atoms with Crippen LogP contribution < -0.4 is 21.3 Å². The molecule has 8 nitrogen and oxygen atoms in total. The maximum atomic E-state index is 13.0. The third-order valence-electron chi connectivity index (χ3n) is 6.90. The van der Waals surface area contributed by atoms with Gasteiger partial charge in [0.25, 0.3) is 5.56 Å². The van der Waals surface area contributed by atoms with E-state index in [1.165, 1.54) is 30.9 Å². The van der Waals surface area contributed by atoms with E-state index in [9.17, 15) is 9.59 Å². The minimum Gasteiger partial charge on any atom is -0.497 e. The Kier molecular flexibility index (Phi) is 4.45. The van der Waals surface area contributed by atoms with Gasteiger partial charge in [-0.15, -0.1) is 0 Å². The van der Waals surface area contributed by atoms with Crippen molar-refractivity contribution in [1.29, 1.82) is 0 Å². The van der Waals surface area contributed by atoms with Crippen LogP contribution in [0.25, 0.3) is 11.2 Å². The Morgan fingerprint density at radius 3 is 2.50 bits per heavy atom. The van der Waals surface area contributed by atoms with Gasteiger partial charge in [0.15, 0.2) is 11.2 Å². The molecule has 1 N–H and O–H groups in total. The Morgan fingerprint density at radius 2 is 1.87 bits per heavy atom. The van der Waals surface area contributed by atoms with Crippen molar-refractivity contribution in [3.8, 4) is 5.75 Å². The molecular weight excluding hydrogens is 382 g/mol. The third-order valence-corrected chi connectivity index (χ3v) is 6.90. The minimum atomic E-state index is -0.368. The van der Waals surface area contributed by atoms with Gasteiger partial charge in [-0.2, -0.15) is 4.98 Å². The predicted molar refractivity (Wildman–Crippen MR) is 115 cm³/mol. The molecule has 2 bridgehead atoms. The molecule has 158 valence electrons. The average Bonchev–Trinajstić information content (AvgIpc) is 3.47. The van der Waals surface area contributed by atoms with Gasteiger partial charge in [0.05, 0.1) is 13.7 Å². The Labute approximate surface area is 174 Å². The van der Waals surface area contributed by atoms with E-state index in [4.69, 9.17) is 9.72 Å². The molecular formula is C22H27N5O3. The molecule has 2 aliphatic rings. The first-order valence-electron chi connectivity index (χ1n) is 10.5. The second kappa shape index (κ2) is 7.04. The number of nitrogens with one attached hydrogen (secondary N) is 1. The zero-order valence-corrected chi connectivity index (χ0v) is 17.6. The predicted octanol–water partition coefficient (Wildman–Crippen LogP) is 2.09. The standard InChI is InChI=1S/C22H27N5O3/c1-25-19-18(20(28)26(2)22(25)29)27(12-13-5-8-16(30-3)9-6-13)21(24-19)23-17-11-14-4-7-15(17)10-14/h5-6,8-9,14-15,17H,4,7,10-12H2,1-3H3,(H,23,24). The van der Waals surface area contributed by atoms with Crippen LogP contribution in [0.3, 0.4) is 0 Å². The first-order chi connectivity index (χ1) is 14.5. The van der Waals surface area contributed by atoms with Crippen molar-refractivity contribution in [2.24, 2.45) is 25.9 Å². The number of hydrogen-bond donors (Lipinski definition) is 1. The molecule has 30 heavy (non-hydrogen) atoms. The maximum absolute atomic E-state index is 13.0. The topological polar surface area (TPSA) is 83.1 Å². The van der Waals surface area contributed by atoms with E-state index in [0.717, 1.165) is 28.2 Å². The molecule has 2 aromatic heterocycles. The fraction of sp³-hybridized carbons (Fsp3) is 0.500. The van der Waals surface area contributed by atoms with Gasteiger partial charge in [-0.05, 0) is 48.8 Å². The number of aryl methyl sites for hydroxylation is 1. The lowest BCUT2D eigenvalue weighted by atomic mass is 9.95. The fourth-order valence-electron chi connectivity index (χ4n) is 5.21. The lowest BCUT2D eigenvalue weighted by Crippen LogP contribution is -2.37. The summed E-state index contributed by atoms with van der Waals surface area (Å²) in [4.78, 5) is 30.2. The molecule has 0 aliphatic heterocycles. The molecule has 0 spiro atoms. The number of benzene rings is 1. The van der Waals surface area contributed by atoms with Gasteiger partial charge in [0.2, 0.25) is 5.95 Å². The Hall–Kier alpha value is -3.03. The monoisotopic (exact) mass is 409 g/mol. The van der Waals surface area contributed by atoms with Crippen molar-refractivity contribution in [2.75, 3.05) is 12.4 Å². The van der Waals surface area contributed by atoms with Crippen molar-refractivity contribution in [3.63, 3.8) is 0 Å². The quantitative estimate of drug-likeness (QED) is 0.698. The summed E-state index contributed by atoms with van der Waals surface area (Å²) in [7, 11) is 4.81. The SMILES string of the molecule is COc1ccc(Cn2c(NC3CC4CCC3C4)nc3c2c(=O)n(C)c(=O)n3C)cc1. The fourth-order valence-corrected chi connectivity index (χ4v) is 5.21. The molecule has 2 heterocycles. The summed E-state index contributed by atoms with van der Waals surface area (Å²) in [6, 6.07) is 8.16.